The van der Waals surface area contributed by atoms with Gasteiger partial charge in [-0.15, -0.1) is 0 Å². The Morgan fingerprint density at radius 2 is 1.44 bits per heavy atom. The van der Waals surface area contributed by atoms with Crippen LogP contribution in [0.15, 0.2) is 49.2 Å². The lowest BCUT2D eigenvalue weighted by atomic mass is 9.69. The largest absolute Gasteiger partial charge is 0.306 e. The maximum Gasteiger partial charge on any atom is 0.0748 e. The molecular weight excluding hydrogens is 308 g/mol. The third kappa shape index (κ3) is 1.64. The van der Waals surface area contributed by atoms with Crippen LogP contribution in [0.3, 0.4) is 0 Å². The van der Waals surface area contributed by atoms with Crippen LogP contribution in [-0.2, 0) is 10.8 Å². The molecule has 0 N–H and O–H groups in total. The number of hydrogen-bond donors (Lipinski definition) is 0. The first-order valence-corrected chi connectivity index (χ1v) is 8.63. The Balaban J connectivity index is 1.97. The van der Waals surface area contributed by atoms with Crippen LogP contribution in [-0.4, -0.2) is 15.0 Å². The van der Waals surface area contributed by atoms with E-state index in [9.17, 15) is 0 Å². The smallest absolute Gasteiger partial charge is 0.0748 e. The molecule has 25 heavy (non-hydrogen) atoms. The summed E-state index contributed by atoms with van der Waals surface area (Å²) in [4.78, 5) is 15.9. The fraction of sp³-hybridized carbons (Fsp3) is 0.286. The van der Waals surface area contributed by atoms with Gasteiger partial charge in [0.25, 0.3) is 0 Å². The molecule has 4 nitrogen and oxygen atoms in total. The Labute approximate surface area is 147 Å². The van der Waals surface area contributed by atoms with Crippen LogP contribution in [0.2, 0.25) is 0 Å². The second-order valence-electron chi connectivity index (χ2n) is 7.93. The van der Waals surface area contributed by atoms with Crippen LogP contribution >= 0.6 is 0 Å². The zero-order valence-corrected chi connectivity index (χ0v) is 14.9. The molecule has 0 spiro atoms. The minimum atomic E-state index is -0.193. The van der Waals surface area contributed by atoms with Gasteiger partial charge in [-0.25, -0.2) is 0 Å². The maximum atomic E-state index is 4.81. The predicted octanol–water partition coefficient (Wildman–Crippen LogP) is 4.62. The molecule has 0 aliphatic carbocycles. The fourth-order valence-corrected chi connectivity index (χ4v) is 4.44. The predicted molar refractivity (Wildman–Crippen MR) is 98.8 cm³/mol. The van der Waals surface area contributed by atoms with Crippen LogP contribution in [0, 0.1) is 0 Å². The number of nitrogens with zero attached hydrogens (tertiary/aromatic N) is 4. The van der Waals surface area contributed by atoms with E-state index in [1.165, 1.54) is 28.1 Å². The number of anilines is 3. The molecule has 0 saturated carbocycles. The van der Waals surface area contributed by atoms with Gasteiger partial charge in [-0.1, -0.05) is 13.8 Å². The van der Waals surface area contributed by atoms with E-state index in [0.717, 1.165) is 11.4 Å². The molecule has 3 aromatic rings. The second kappa shape index (κ2) is 4.45. The van der Waals surface area contributed by atoms with Gasteiger partial charge < -0.3 is 4.90 Å². The molecule has 0 amide bonds. The Bertz CT molecular complexity index is 942. The Kier molecular flexibility index (Phi) is 2.60. The molecule has 0 radical (unpaired) electrons. The zero-order valence-electron chi connectivity index (χ0n) is 14.9. The first kappa shape index (κ1) is 14.6. The summed E-state index contributed by atoms with van der Waals surface area (Å²) < 4.78 is 0. The van der Waals surface area contributed by atoms with Gasteiger partial charge in [0.2, 0.25) is 0 Å². The van der Waals surface area contributed by atoms with E-state index < -0.39 is 0 Å². The van der Waals surface area contributed by atoms with Crippen molar-refractivity contribution >= 4 is 17.1 Å². The lowest BCUT2D eigenvalue weighted by Crippen LogP contribution is -2.38. The first-order valence-electron chi connectivity index (χ1n) is 8.63. The summed E-state index contributed by atoms with van der Waals surface area (Å²) in [5.41, 5.74) is 8.13. The minimum absolute atomic E-state index is 0.0948. The molecule has 3 aromatic heterocycles. The van der Waals surface area contributed by atoms with E-state index >= 15 is 0 Å². The van der Waals surface area contributed by atoms with Crippen molar-refractivity contribution in [3.63, 3.8) is 0 Å². The van der Waals surface area contributed by atoms with E-state index in [1.54, 1.807) is 0 Å². The summed E-state index contributed by atoms with van der Waals surface area (Å²) in [7, 11) is 0. The molecule has 5 rings (SSSR count). The molecule has 4 heteroatoms. The molecule has 124 valence electrons. The van der Waals surface area contributed by atoms with Crippen molar-refractivity contribution in [2.75, 3.05) is 4.90 Å². The van der Waals surface area contributed by atoms with Crippen molar-refractivity contribution in [1.82, 2.24) is 15.0 Å². The number of rotatable bonds is 0. The van der Waals surface area contributed by atoms with Crippen LogP contribution in [0.4, 0.5) is 17.1 Å². The maximum absolute atomic E-state index is 4.81. The summed E-state index contributed by atoms with van der Waals surface area (Å²) in [6.07, 6.45) is 9.64. The van der Waals surface area contributed by atoms with Crippen LogP contribution in [0.1, 0.15) is 50.1 Å². The number of pyridine rings is 3. The Hall–Kier alpha value is -2.75. The van der Waals surface area contributed by atoms with Gasteiger partial charge in [-0.3, -0.25) is 15.0 Å². The molecule has 0 bridgehead atoms. The fourth-order valence-electron chi connectivity index (χ4n) is 4.44. The standard InChI is InChI=1S/C21H20N4/c1-20(2)13-5-8-23-12-17(13)25-16-7-9-22-11-15(16)21(3,4)19-18(25)14(20)6-10-24-19/h5-12H,1-4H3. The number of fused-ring (bicyclic) bond motifs is 4. The van der Waals surface area contributed by atoms with Crippen LogP contribution in [0.25, 0.3) is 0 Å². The van der Waals surface area contributed by atoms with Crippen molar-refractivity contribution < 1.29 is 0 Å². The van der Waals surface area contributed by atoms with E-state index in [1.807, 2.05) is 31.0 Å². The highest BCUT2D eigenvalue weighted by Gasteiger charge is 2.46. The highest BCUT2D eigenvalue weighted by Crippen LogP contribution is 2.58. The van der Waals surface area contributed by atoms with Gasteiger partial charge in [0, 0.05) is 41.2 Å². The van der Waals surface area contributed by atoms with Gasteiger partial charge in [0.05, 0.1) is 29.0 Å². The van der Waals surface area contributed by atoms with Gasteiger partial charge in [0.15, 0.2) is 0 Å². The molecule has 0 fully saturated rings. The molecule has 5 heterocycles. The summed E-state index contributed by atoms with van der Waals surface area (Å²) >= 11 is 0. The summed E-state index contributed by atoms with van der Waals surface area (Å²) in [6, 6.07) is 6.41. The third-order valence-electron chi connectivity index (χ3n) is 5.84. The normalized spacial score (nSPS) is 18.2. The van der Waals surface area contributed by atoms with Crippen molar-refractivity contribution in [3.05, 3.63) is 71.6 Å². The van der Waals surface area contributed by atoms with Crippen LogP contribution < -0.4 is 4.90 Å². The Morgan fingerprint density at radius 1 is 0.720 bits per heavy atom. The SMILES string of the molecule is CC1(C)c2ccncc2N2c3ccncc3C(C)(C)c3nccc1c32. The Morgan fingerprint density at radius 3 is 2.28 bits per heavy atom. The quantitative estimate of drug-likeness (QED) is 0.604. The molecule has 0 aromatic carbocycles. The molecule has 0 atom stereocenters. The van der Waals surface area contributed by atoms with Gasteiger partial charge >= 0.3 is 0 Å². The summed E-state index contributed by atoms with van der Waals surface area (Å²) in [6.45, 7) is 9.04. The molecule has 2 aliphatic heterocycles. The molecular formula is C21H20N4. The topological polar surface area (TPSA) is 41.9 Å². The van der Waals surface area contributed by atoms with Crippen molar-refractivity contribution in [3.8, 4) is 0 Å². The van der Waals surface area contributed by atoms with Crippen molar-refractivity contribution in [2.24, 2.45) is 0 Å². The van der Waals surface area contributed by atoms with Gasteiger partial charge in [0.1, 0.15) is 0 Å². The summed E-state index contributed by atoms with van der Waals surface area (Å²) in [5.74, 6) is 0. The van der Waals surface area contributed by atoms with Crippen molar-refractivity contribution in [1.29, 1.82) is 0 Å². The second-order valence-corrected chi connectivity index (χ2v) is 7.93. The number of aromatic nitrogens is 3. The third-order valence-corrected chi connectivity index (χ3v) is 5.84. The summed E-state index contributed by atoms with van der Waals surface area (Å²) in [5, 5.41) is 0. The van der Waals surface area contributed by atoms with E-state index in [2.05, 4.69) is 60.8 Å². The highest BCUT2D eigenvalue weighted by molar-refractivity contribution is 5.91. The monoisotopic (exact) mass is 328 g/mol. The first-order chi connectivity index (χ1) is 11.9. The van der Waals surface area contributed by atoms with Gasteiger partial charge in [-0.2, -0.15) is 0 Å². The van der Waals surface area contributed by atoms with E-state index in [4.69, 9.17) is 4.98 Å². The highest BCUT2D eigenvalue weighted by atomic mass is 15.2. The number of hydrogen-bond acceptors (Lipinski definition) is 4. The van der Waals surface area contributed by atoms with Crippen molar-refractivity contribution in [2.45, 2.75) is 38.5 Å². The lowest BCUT2D eigenvalue weighted by Gasteiger charge is -2.48. The zero-order chi connectivity index (χ0) is 17.4. The average Bonchev–Trinajstić information content (AvgIpc) is 2.61. The molecule has 0 unspecified atom stereocenters. The van der Waals surface area contributed by atoms with Gasteiger partial charge in [-0.05, 0) is 43.2 Å². The molecule has 0 saturated heterocycles. The van der Waals surface area contributed by atoms with Crippen LogP contribution in [0.5, 0.6) is 0 Å². The lowest BCUT2D eigenvalue weighted by molar-refractivity contribution is 0.578. The van der Waals surface area contributed by atoms with E-state index in [0.29, 0.717) is 0 Å². The van der Waals surface area contributed by atoms with E-state index in [-0.39, 0.29) is 10.8 Å². The minimum Gasteiger partial charge on any atom is -0.306 e. The average molecular weight is 328 g/mol. The molecule has 2 aliphatic rings.